The average molecular weight is 561 g/mol. The fourth-order valence-corrected chi connectivity index (χ4v) is 9.47. The summed E-state index contributed by atoms with van der Waals surface area (Å²) >= 11 is 0. The topological polar surface area (TPSA) is 24.9 Å². The minimum Gasteiger partial charge on any atom is -0.339 e. The summed E-state index contributed by atoms with van der Waals surface area (Å²) in [6.45, 7) is 2.33. The zero-order valence-corrected chi connectivity index (χ0v) is 27.2. The molecule has 0 aromatic carbocycles. The molecule has 1 atom stereocenters. The Balaban J connectivity index is 1.71. The summed E-state index contributed by atoms with van der Waals surface area (Å²) in [6, 6.07) is 2.92. The van der Waals surface area contributed by atoms with E-state index in [2.05, 4.69) is 16.7 Å². The minimum absolute atomic E-state index is 0.323. The molecule has 4 heteroatoms. The summed E-state index contributed by atoms with van der Waals surface area (Å²) in [6.07, 6.45) is 36.9. The van der Waals surface area contributed by atoms with Gasteiger partial charge in [-0.15, -0.1) is 0 Å². The third-order valence-electron chi connectivity index (χ3n) is 11.5. The van der Waals surface area contributed by atoms with Gasteiger partial charge in [-0.1, -0.05) is 122 Å². The highest BCUT2D eigenvalue weighted by Gasteiger charge is 2.54. The van der Waals surface area contributed by atoms with Crippen molar-refractivity contribution in [1.29, 1.82) is 0 Å². The second-order valence-electron chi connectivity index (χ2n) is 14.1. The van der Waals surface area contributed by atoms with Crippen LogP contribution in [0, 0.1) is 0 Å². The van der Waals surface area contributed by atoms with Gasteiger partial charge in [-0.3, -0.25) is 4.90 Å². The monoisotopic (exact) mass is 561 g/mol. The maximum absolute atomic E-state index is 6.94. The van der Waals surface area contributed by atoms with Crippen molar-refractivity contribution in [2.45, 2.75) is 216 Å². The van der Waals surface area contributed by atoms with E-state index in [9.17, 15) is 0 Å². The third-order valence-corrected chi connectivity index (χ3v) is 11.5. The Labute approximate surface area is 249 Å². The van der Waals surface area contributed by atoms with Crippen molar-refractivity contribution in [2.75, 3.05) is 14.2 Å². The first-order valence-electron chi connectivity index (χ1n) is 18.4. The van der Waals surface area contributed by atoms with Crippen molar-refractivity contribution in [3.8, 4) is 0 Å². The second-order valence-corrected chi connectivity index (χ2v) is 14.1. The third kappa shape index (κ3) is 8.48. The Hall–Kier alpha value is -0.160. The van der Waals surface area contributed by atoms with Gasteiger partial charge < -0.3 is 9.47 Å². The number of ether oxygens (including phenoxy) is 2. The molecular formula is C36H68N2O2. The van der Waals surface area contributed by atoms with E-state index in [4.69, 9.17) is 9.47 Å². The van der Waals surface area contributed by atoms with Crippen molar-refractivity contribution < 1.29 is 9.47 Å². The molecule has 0 amide bonds. The van der Waals surface area contributed by atoms with Gasteiger partial charge >= 0.3 is 0 Å². The number of hydrogen-bond acceptors (Lipinski definition) is 4. The van der Waals surface area contributed by atoms with Gasteiger partial charge in [-0.05, 0) is 57.8 Å². The van der Waals surface area contributed by atoms with Gasteiger partial charge in [0, 0.05) is 38.4 Å². The van der Waals surface area contributed by atoms with E-state index in [1.165, 1.54) is 173 Å². The van der Waals surface area contributed by atoms with Gasteiger partial charge in [0.2, 0.25) is 5.91 Å². The molecule has 0 N–H and O–H groups in total. The first-order valence-corrected chi connectivity index (χ1v) is 18.4. The summed E-state index contributed by atoms with van der Waals surface area (Å²) in [4.78, 5) is 6.00. The minimum atomic E-state index is -0.637. The quantitative estimate of drug-likeness (QED) is 0.138. The number of nitrogens with zero attached hydrogens (tertiary/aromatic N) is 2. The van der Waals surface area contributed by atoms with Gasteiger partial charge in [-0.25, -0.2) is 4.90 Å². The Kier molecular flexibility index (Phi) is 14.6. The molecule has 0 aliphatic heterocycles. The van der Waals surface area contributed by atoms with Crippen LogP contribution in [0.25, 0.3) is 0 Å². The van der Waals surface area contributed by atoms with Crippen molar-refractivity contribution >= 4 is 0 Å². The Bertz CT molecular complexity index is 607. The molecule has 4 aliphatic rings. The molecule has 0 bridgehead atoms. The van der Waals surface area contributed by atoms with E-state index in [1.54, 1.807) is 0 Å². The highest BCUT2D eigenvalue weighted by atomic mass is 16.7. The Morgan fingerprint density at radius 3 is 1.30 bits per heavy atom. The molecule has 1 unspecified atom stereocenters. The first kappa shape index (κ1) is 32.7. The lowest BCUT2D eigenvalue weighted by Gasteiger charge is -2.58. The van der Waals surface area contributed by atoms with Crippen LogP contribution < -0.4 is 0 Å². The van der Waals surface area contributed by atoms with Gasteiger partial charge in [-0.2, -0.15) is 0 Å². The molecule has 0 radical (unpaired) electrons. The van der Waals surface area contributed by atoms with Crippen LogP contribution in [0.3, 0.4) is 0 Å². The van der Waals surface area contributed by atoms with Crippen molar-refractivity contribution in [2.24, 2.45) is 0 Å². The highest BCUT2D eigenvalue weighted by molar-refractivity contribution is 5.00. The molecule has 4 fully saturated rings. The number of methoxy groups -OCH3 is 2. The molecule has 0 saturated heterocycles. The molecule has 234 valence electrons. The Morgan fingerprint density at radius 1 is 0.525 bits per heavy atom. The molecular weight excluding hydrogens is 492 g/mol. The lowest BCUT2D eigenvalue weighted by molar-refractivity contribution is -0.352. The van der Waals surface area contributed by atoms with Crippen molar-refractivity contribution in [3.05, 3.63) is 0 Å². The van der Waals surface area contributed by atoms with Crippen LogP contribution in [-0.2, 0) is 9.47 Å². The van der Waals surface area contributed by atoms with E-state index in [1.807, 2.05) is 14.2 Å². The molecule has 4 rings (SSSR count). The second kappa shape index (κ2) is 17.8. The van der Waals surface area contributed by atoms with E-state index in [-0.39, 0.29) is 0 Å². The molecule has 4 nitrogen and oxygen atoms in total. The normalized spacial score (nSPS) is 24.2. The molecule has 4 aliphatic carbocycles. The predicted octanol–water partition coefficient (Wildman–Crippen LogP) is 9.99. The van der Waals surface area contributed by atoms with E-state index < -0.39 is 5.91 Å². The largest absolute Gasteiger partial charge is 0.339 e. The van der Waals surface area contributed by atoms with Crippen LogP contribution in [0.4, 0.5) is 0 Å². The first-order chi connectivity index (χ1) is 19.7. The fraction of sp³-hybridized carbons (Fsp3) is 1.00. The molecule has 40 heavy (non-hydrogen) atoms. The molecule has 0 spiro atoms. The van der Waals surface area contributed by atoms with Crippen LogP contribution in [0.5, 0.6) is 0 Å². The number of hydrogen-bond donors (Lipinski definition) is 0. The smallest absolute Gasteiger partial charge is 0.246 e. The van der Waals surface area contributed by atoms with Gasteiger partial charge in [0.1, 0.15) is 0 Å². The van der Waals surface area contributed by atoms with Crippen LogP contribution in [0.15, 0.2) is 0 Å². The maximum atomic E-state index is 6.94. The van der Waals surface area contributed by atoms with Gasteiger partial charge in [0.15, 0.2) is 0 Å². The molecule has 0 heterocycles. The van der Waals surface area contributed by atoms with Crippen LogP contribution in [0.1, 0.15) is 180 Å². The van der Waals surface area contributed by atoms with E-state index in [0.29, 0.717) is 30.2 Å². The fourth-order valence-electron chi connectivity index (χ4n) is 9.47. The van der Waals surface area contributed by atoms with Crippen LogP contribution in [0.2, 0.25) is 0 Å². The molecule has 0 aromatic heterocycles. The van der Waals surface area contributed by atoms with Crippen LogP contribution >= 0.6 is 0 Å². The summed E-state index contributed by atoms with van der Waals surface area (Å²) in [5.41, 5.74) is 0. The zero-order chi connectivity index (χ0) is 28.0. The maximum Gasteiger partial charge on any atom is 0.246 e. The van der Waals surface area contributed by atoms with Crippen LogP contribution in [-0.4, -0.2) is 60.1 Å². The van der Waals surface area contributed by atoms with E-state index >= 15 is 0 Å². The SMILES string of the molecule is CCCCCCCCC(N(C1CCCCC1)C1CCCCC1)C(OC)(OC)N(C1CCCCC1)C1CCCCC1. The molecule has 4 saturated carbocycles. The highest BCUT2D eigenvalue weighted by Crippen LogP contribution is 2.44. The lowest BCUT2D eigenvalue weighted by Crippen LogP contribution is -2.71. The Morgan fingerprint density at radius 2 is 0.900 bits per heavy atom. The predicted molar refractivity (Wildman–Crippen MR) is 170 cm³/mol. The molecule has 0 aromatic rings. The number of unbranched alkanes of at least 4 members (excludes halogenated alkanes) is 5. The van der Waals surface area contributed by atoms with Crippen molar-refractivity contribution in [1.82, 2.24) is 9.80 Å². The lowest BCUT2D eigenvalue weighted by atomic mass is 9.83. The zero-order valence-electron chi connectivity index (χ0n) is 27.2. The summed E-state index contributed by atoms with van der Waals surface area (Å²) in [5.74, 6) is -0.637. The van der Waals surface area contributed by atoms with Gasteiger partial charge in [0.05, 0.1) is 6.04 Å². The summed E-state index contributed by atoms with van der Waals surface area (Å²) < 4.78 is 13.9. The average Bonchev–Trinajstić information content (AvgIpc) is 3.03. The van der Waals surface area contributed by atoms with Gasteiger partial charge in [0.25, 0.3) is 0 Å². The van der Waals surface area contributed by atoms with Crippen molar-refractivity contribution in [3.63, 3.8) is 0 Å². The van der Waals surface area contributed by atoms with E-state index in [0.717, 1.165) is 0 Å². The summed E-state index contributed by atoms with van der Waals surface area (Å²) in [7, 11) is 4.02. The standard InChI is InChI=1S/C36H68N2O2/c1-4-5-6-7-8-21-30-35(37(31-22-13-9-14-23-31)32-24-15-10-16-25-32)36(39-2,40-3)38(33-26-17-11-18-27-33)34-28-19-12-20-29-34/h31-35H,4-30H2,1-3H3. The summed E-state index contributed by atoms with van der Waals surface area (Å²) in [5, 5.41) is 0. The number of rotatable bonds is 16.